The number of amides is 1. The highest BCUT2D eigenvalue weighted by Crippen LogP contribution is 2.35. The van der Waals surface area contributed by atoms with Gasteiger partial charge in [-0.05, 0) is 55.0 Å². The van der Waals surface area contributed by atoms with Crippen LogP contribution in [0, 0.1) is 0 Å². The zero-order chi connectivity index (χ0) is 30.4. The predicted octanol–water partition coefficient (Wildman–Crippen LogP) is 2.62. The van der Waals surface area contributed by atoms with E-state index in [0.29, 0.717) is 18.5 Å². The number of ketones is 1. The molecule has 12 nitrogen and oxygen atoms in total. The van der Waals surface area contributed by atoms with E-state index in [2.05, 4.69) is 10.6 Å². The fourth-order valence-electron chi connectivity index (χ4n) is 4.42. The molecular formula is C30H30N2O10. The molecule has 1 saturated heterocycles. The number of aromatic hydroxyl groups is 4. The van der Waals surface area contributed by atoms with Crippen molar-refractivity contribution in [3.05, 3.63) is 82.4 Å². The van der Waals surface area contributed by atoms with Gasteiger partial charge in [0.2, 0.25) is 5.78 Å². The Bertz CT molecular complexity index is 1480. The molecule has 0 bridgehead atoms. The Morgan fingerprint density at radius 3 is 2.21 bits per heavy atom. The minimum atomic E-state index is -1.07. The molecule has 6 N–H and O–H groups in total. The van der Waals surface area contributed by atoms with Crippen LogP contribution in [0.15, 0.2) is 54.6 Å². The summed E-state index contributed by atoms with van der Waals surface area (Å²) in [6, 6.07) is 10.6. The van der Waals surface area contributed by atoms with Crippen LogP contribution in [-0.4, -0.2) is 75.9 Å². The molecule has 0 spiro atoms. The molecule has 0 radical (unpaired) electrons. The number of carbonyl (C=O) groups is 4. The predicted molar refractivity (Wildman–Crippen MR) is 148 cm³/mol. The highest BCUT2D eigenvalue weighted by atomic mass is 16.5. The highest BCUT2D eigenvalue weighted by molar-refractivity contribution is 6.18. The summed E-state index contributed by atoms with van der Waals surface area (Å²) in [6.07, 6.45) is 0.559. The van der Waals surface area contributed by atoms with E-state index in [9.17, 15) is 39.6 Å². The van der Waals surface area contributed by atoms with Crippen LogP contribution < -0.4 is 10.6 Å². The second-order valence-corrected chi connectivity index (χ2v) is 9.64. The number of benzene rings is 3. The number of rotatable bonds is 10. The Kier molecular flexibility index (Phi) is 9.28. The van der Waals surface area contributed by atoms with Crippen molar-refractivity contribution in [2.45, 2.75) is 31.9 Å². The lowest BCUT2D eigenvalue weighted by atomic mass is 9.95. The van der Waals surface area contributed by atoms with E-state index < -0.39 is 64.2 Å². The third kappa shape index (κ3) is 6.61. The lowest BCUT2D eigenvalue weighted by Crippen LogP contribution is -2.44. The van der Waals surface area contributed by atoms with Crippen LogP contribution in [0.5, 0.6) is 23.0 Å². The van der Waals surface area contributed by atoms with E-state index in [1.807, 2.05) is 6.92 Å². The Balaban J connectivity index is 1.51. The molecule has 1 aliphatic rings. The highest BCUT2D eigenvalue weighted by Gasteiger charge is 2.33. The second kappa shape index (κ2) is 13.0. The fraction of sp³-hybridized carbons (Fsp3) is 0.267. The maximum atomic E-state index is 13.3. The van der Waals surface area contributed by atoms with Crippen molar-refractivity contribution in [3.63, 3.8) is 0 Å². The first-order valence-electron chi connectivity index (χ1n) is 13.2. The molecule has 220 valence electrons. The molecule has 0 saturated carbocycles. The lowest BCUT2D eigenvalue weighted by Gasteiger charge is -2.21. The first-order chi connectivity index (χ1) is 20.1. The number of carbonyl (C=O) groups excluding carboxylic acids is 4. The van der Waals surface area contributed by atoms with Crippen molar-refractivity contribution >= 4 is 23.6 Å². The first kappa shape index (κ1) is 29.9. The maximum absolute atomic E-state index is 13.3. The molecule has 0 unspecified atom stereocenters. The molecule has 1 fully saturated rings. The monoisotopic (exact) mass is 578 g/mol. The Hall–Kier alpha value is -5.10. The molecule has 0 aromatic heterocycles. The summed E-state index contributed by atoms with van der Waals surface area (Å²) in [5.41, 5.74) is -1.37. The summed E-state index contributed by atoms with van der Waals surface area (Å²) in [5.74, 6) is -5.46. The molecule has 3 aromatic rings. The van der Waals surface area contributed by atoms with E-state index in [1.165, 1.54) is 42.5 Å². The van der Waals surface area contributed by atoms with Crippen LogP contribution in [0.2, 0.25) is 0 Å². The molecule has 42 heavy (non-hydrogen) atoms. The minimum Gasteiger partial charge on any atom is -0.508 e. The van der Waals surface area contributed by atoms with Crippen molar-refractivity contribution in [2.75, 3.05) is 19.7 Å². The number of phenols is 4. The van der Waals surface area contributed by atoms with E-state index in [1.54, 1.807) is 0 Å². The topological polar surface area (TPSA) is 192 Å². The normalized spacial score (nSPS) is 16.0. The van der Waals surface area contributed by atoms with Gasteiger partial charge in [0.25, 0.3) is 5.91 Å². The summed E-state index contributed by atoms with van der Waals surface area (Å²) >= 11 is 0. The van der Waals surface area contributed by atoms with Crippen molar-refractivity contribution in [3.8, 4) is 23.0 Å². The number of nitrogens with one attached hydrogen (secondary N) is 2. The van der Waals surface area contributed by atoms with Crippen molar-refractivity contribution in [1.29, 1.82) is 0 Å². The van der Waals surface area contributed by atoms with Crippen LogP contribution in [-0.2, 0) is 9.47 Å². The average molecular weight is 579 g/mol. The number of hydrogen-bond donors (Lipinski definition) is 6. The van der Waals surface area contributed by atoms with Gasteiger partial charge in [-0.15, -0.1) is 0 Å². The molecule has 2 atom stereocenters. The van der Waals surface area contributed by atoms with Crippen LogP contribution in [0.3, 0.4) is 0 Å². The molecule has 1 amide bonds. The number of hydrogen-bond acceptors (Lipinski definition) is 11. The van der Waals surface area contributed by atoms with Gasteiger partial charge in [-0.25, -0.2) is 9.59 Å². The average Bonchev–Trinajstić information content (AvgIpc) is 3.38. The van der Waals surface area contributed by atoms with Gasteiger partial charge >= 0.3 is 11.9 Å². The lowest BCUT2D eigenvalue weighted by molar-refractivity contribution is 0.0282. The number of unbranched alkanes of at least 4 members (excludes halogenated alkanes) is 1. The van der Waals surface area contributed by atoms with Gasteiger partial charge in [0, 0.05) is 18.7 Å². The SMILES string of the molecule is CCCCOC(=O)c1cccc(O)c1C(=O)c1c(O)cc(C(=O)O[C@H]2CNC[C@@H]2NC(=O)c2ccc(O)cc2)cc1O. The molecule has 1 aliphatic heterocycles. The zero-order valence-electron chi connectivity index (χ0n) is 22.6. The fourth-order valence-corrected chi connectivity index (χ4v) is 4.42. The Labute approximate surface area is 240 Å². The molecule has 1 heterocycles. The van der Waals surface area contributed by atoms with E-state index >= 15 is 0 Å². The van der Waals surface area contributed by atoms with Gasteiger partial charge in [-0.3, -0.25) is 9.59 Å². The van der Waals surface area contributed by atoms with E-state index in [0.717, 1.165) is 18.6 Å². The van der Waals surface area contributed by atoms with E-state index in [4.69, 9.17) is 9.47 Å². The summed E-state index contributed by atoms with van der Waals surface area (Å²) in [4.78, 5) is 51.4. The molecule has 0 aliphatic carbocycles. The van der Waals surface area contributed by atoms with Gasteiger partial charge in [0.1, 0.15) is 34.7 Å². The van der Waals surface area contributed by atoms with E-state index in [-0.39, 0.29) is 30.0 Å². The number of phenolic OH excluding ortho intramolecular Hbond substituents is 4. The summed E-state index contributed by atoms with van der Waals surface area (Å²) in [7, 11) is 0. The van der Waals surface area contributed by atoms with Crippen LogP contribution in [0.4, 0.5) is 0 Å². The molecule has 4 rings (SSSR count). The Morgan fingerprint density at radius 2 is 1.55 bits per heavy atom. The summed E-state index contributed by atoms with van der Waals surface area (Å²) in [6.45, 7) is 2.52. The number of ether oxygens (including phenoxy) is 2. The van der Waals surface area contributed by atoms with Crippen molar-refractivity contribution in [1.82, 2.24) is 10.6 Å². The standard InChI is InChI=1S/C30H30N2O10/c1-2-3-11-41-30(40)19-5-4-6-21(34)25(19)27(37)26-22(35)12-17(13-23(26)36)29(39)42-24-15-31-14-20(24)32-28(38)16-7-9-18(33)10-8-16/h4-10,12-13,20,24,31,33-36H,2-3,11,14-15H2,1H3,(H,32,38)/t20-,24-/m0/s1. The first-order valence-corrected chi connectivity index (χ1v) is 13.2. The minimum absolute atomic E-state index is 0.00559. The van der Waals surface area contributed by atoms with Crippen LogP contribution in [0.25, 0.3) is 0 Å². The Morgan fingerprint density at radius 1 is 0.857 bits per heavy atom. The zero-order valence-corrected chi connectivity index (χ0v) is 22.6. The quantitative estimate of drug-likeness (QED) is 0.118. The molecule has 12 heteroatoms. The van der Waals surface area contributed by atoms with Gasteiger partial charge in [0.15, 0.2) is 0 Å². The van der Waals surface area contributed by atoms with Crippen LogP contribution in [0.1, 0.15) is 66.8 Å². The van der Waals surface area contributed by atoms with Gasteiger partial charge in [-0.2, -0.15) is 0 Å². The molecule has 3 aromatic carbocycles. The summed E-state index contributed by atoms with van der Waals surface area (Å²) < 4.78 is 10.7. The van der Waals surface area contributed by atoms with Gasteiger partial charge < -0.3 is 40.5 Å². The van der Waals surface area contributed by atoms with Gasteiger partial charge in [-0.1, -0.05) is 19.4 Å². The van der Waals surface area contributed by atoms with Crippen molar-refractivity contribution in [2.24, 2.45) is 0 Å². The second-order valence-electron chi connectivity index (χ2n) is 9.64. The van der Waals surface area contributed by atoms with Crippen molar-refractivity contribution < 1.29 is 49.1 Å². The van der Waals surface area contributed by atoms with Crippen LogP contribution >= 0.6 is 0 Å². The third-order valence-electron chi connectivity index (χ3n) is 6.64. The maximum Gasteiger partial charge on any atom is 0.339 e. The third-order valence-corrected chi connectivity index (χ3v) is 6.64. The van der Waals surface area contributed by atoms with Gasteiger partial charge in [0.05, 0.1) is 29.3 Å². The largest absolute Gasteiger partial charge is 0.508 e. The smallest absolute Gasteiger partial charge is 0.339 e. The molecular weight excluding hydrogens is 548 g/mol. The number of esters is 2. The summed E-state index contributed by atoms with van der Waals surface area (Å²) in [5, 5.41) is 46.9.